The molecule has 8 nitrogen and oxygen atoms in total. The Kier molecular flexibility index (Phi) is 9.14. The van der Waals surface area contributed by atoms with Gasteiger partial charge < -0.3 is 25.0 Å². The second kappa shape index (κ2) is 11.4. The molecule has 0 aliphatic carbocycles. The minimum atomic E-state index is -0.699. The lowest BCUT2D eigenvalue weighted by Gasteiger charge is -2.37. The van der Waals surface area contributed by atoms with Gasteiger partial charge in [-0.2, -0.15) is 0 Å². The topological polar surface area (TPSA) is 97.0 Å². The molecule has 0 bridgehead atoms. The maximum Gasteiger partial charge on any atom is 0.410 e. The molecule has 1 saturated heterocycles. The number of carbonyl (C=O) groups is 3. The van der Waals surface area contributed by atoms with Crippen LogP contribution in [0.2, 0.25) is 0 Å². The standard InChI is InChI=1S/C25H39N3O5/c1-16(2)21(27-22(29)19-12-8-9-13-20(19)32-7)23(30)26-17(3)18-11-10-14-28(15-18)24(31)33-25(4,5)6/h8-9,12-13,16-18,21H,10-11,14-15H2,1-7H3,(H,26,30)(H,27,29)/t17-,18+,21+/m0/s1. The SMILES string of the molecule is COc1ccccc1C(=O)N[C@@H](C(=O)N[C@@H](C)[C@@H]1CCCN(C(=O)OC(C)(C)C)C1)C(C)C. The molecule has 184 valence electrons. The lowest BCUT2D eigenvalue weighted by Crippen LogP contribution is -2.54. The number of nitrogens with one attached hydrogen (secondary N) is 2. The van der Waals surface area contributed by atoms with Gasteiger partial charge in [0.25, 0.3) is 5.91 Å². The molecule has 3 atom stereocenters. The first-order valence-corrected chi connectivity index (χ1v) is 11.6. The fourth-order valence-electron chi connectivity index (χ4n) is 3.93. The highest BCUT2D eigenvalue weighted by Gasteiger charge is 2.33. The number of hydrogen-bond donors (Lipinski definition) is 2. The van der Waals surface area contributed by atoms with Gasteiger partial charge in [0.1, 0.15) is 17.4 Å². The molecule has 1 aromatic carbocycles. The Bertz CT molecular complexity index is 834. The summed E-state index contributed by atoms with van der Waals surface area (Å²) in [6.07, 6.45) is 1.43. The predicted octanol–water partition coefficient (Wildman–Crippen LogP) is 3.60. The molecule has 0 unspecified atom stereocenters. The summed E-state index contributed by atoms with van der Waals surface area (Å²) < 4.78 is 10.8. The second-order valence-corrected chi connectivity index (χ2v) is 10.0. The third-order valence-corrected chi connectivity index (χ3v) is 5.77. The molecule has 0 aromatic heterocycles. The van der Waals surface area contributed by atoms with E-state index in [0.29, 0.717) is 24.4 Å². The highest BCUT2D eigenvalue weighted by molar-refractivity contribution is 5.99. The van der Waals surface area contributed by atoms with E-state index in [2.05, 4.69) is 10.6 Å². The number of carbonyl (C=O) groups excluding carboxylic acids is 3. The van der Waals surface area contributed by atoms with Crippen molar-refractivity contribution in [3.05, 3.63) is 29.8 Å². The summed E-state index contributed by atoms with van der Waals surface area (Å²) >= 11 is 0. The Labute approximate surface area is 197 Å². The second-order valence-electron chi connectivity index (χ2n) is 10.0. The molecular weight excluding hydrogens is 422 g/mol. The van der Waals surface area contributed by atoms with Crippen LogP contribution in [0.4, 0.5) is 4.79 Å². The fourth-order valence-corrected chi connectivity index (χ4v) is 3.93. The summed E-state index contributed by atoms with van der Waals surface area (Å²) in [5.41, 5.74) is -0.166. The van der Waals surface area contributed by atoms with Crippen LogP contribution >= 0.6 is 0 Å². The van der Waals surface area contributed by atoms with E-state index >= 15 is 0 Å². The number of likely N-dealkylation sites (tertiary alicyclic amines) is 1. The van der Waals surface area contributed by atoms with Crippen LogP contribution < -0.4 is 15.4 Å². The van der Waals surface area contributed by atoms with Crippen LogP contribution in [-0.4, -0.2) is 60.7 Å². The average Bonchev–Trinajstić information content (AvgIpc) is 2.75. The van der Waals surface area contributed by atoms with Crippen molar-refractivity contribution in [2.24, 2.45) is 11.8 Å². The maximum atomic E-state index is 13.1. The van der Waals surface area contributed by atoms with Gasteiger partial charge in [-0.1, -0.05) is 26.0 Å². The molecule has 0 saturated carbocycles. The number of methoxy groups -OCH3 is 1. The number of rotatable bonds is 7. The van der Waals surface area contributed by atoms with E-state index < -0.39 is 11.6 Å². The number of nitrogens with zero attached hydrogens (tertiary/aromatic N) is 1. The molecule has 1 heterocycles. The number of para-hydroxylation sites is 1. The van der Waals surface area contributed by atoms with Crippen molar-refractivity contribution < 1.29 is 23.9 Å². The van der Waals surface area contributed by atoms with E-state index in [1.54, 1.807) is 29.2 Å². The van der Waals surface area contributed by atoms with E-state index in [9.17, 15) is 14.4 Å². The molecule has 2 rings (SSSR count). The van der Waals surface area contributed by atoms with Crippen molar-refractivity contribution in [2.45, 2.75) is 72.1 Å². The summed E-state index contributed by atoms with van der Waals surface area (Å²) in [4.78, 5) is 40.1. The largest absolute Gasteiger partial charge is 0.496 e. The monoisotopic (exact) mass is 461 g/mol. The summed E-state index contributed by atoms with van der Waals surface area (Å²) in [5, 5.41) is 5.91. The highest BCUT2D eigenvalue weighted by atomic mass is 16.6. The van der Waals surface area contributed by atoms with E-state index in [4.69, 9.17) is 9.47 Å². The quantitative estimate of drug-likeness (QED) is 0.647. The molecule has 0 radical (unpaired) electrons. The first-order chi connectivity index (χ1) is 15.4. The zero-order valence-corrected chi connectivity index (χ0v) is 20.9. The van der Waals surface area contributed by atoms with Gasteiger partial charge in [-0.3, -0.25) is 9.59 Å². The lowest BCUT2D eigenvalue weighted by atomic mass is 9.91. The summed E-state index contributed by atoms with van der Waals surface area (Å²) in [6, 6.07) is 6.06. The molecule has 1 aliphatic rings. The van der Waals surface area contributed by atoms with Crippen LogP contribution in [0.3, 0.4) is 0 Å². The van der Waals surface area contributed by atoms with Gasteiger partial charge in [-0.15, -0.1) is 0 Å². The lowest BCUT2D eigenvalue weighted by molar-refractivity contribution is -0.125. The summed E-state index contributed by atoms with van der Waals surface area (Å²) in [6.45, 7) is 12.4. The van der Waals surface area contributed by atoms with Crippen LogP contribution in [0.25, 0.3) is 0 Å². The highest BCUT2D eigenvalue weighted by Crippen LogP contribution is 2.22. The van der Waals surface area contributed by atoms with Crippen molar-refractivity contribution in [3.8, 4) is 5.75 Å². The Hall–Kier alpha value is -2.77. The number of piperidine rings is 1. The zero-order chi connectivity index (χ0) is 24.8. The molecule has 33 heavy (non-hydrogen) atoms. The number of amides is 3. The maximum absolute atomic E-state index is 13.1. The van der Waals surface area contributed by atoms with Crippen LogP contribution in [0.15, 0.2) is 24.3 Å². The van der Waals surface area contributed by atoms with E-state index in [1.165, 1.54) is 7.11 Å². The molecule has 8 heteroatoms. The average molecular weight is 462 g/mol. The minimum Gasteiger partial charge on any atom is -0.496 e. The molecular formula is C25H39N3O5. The summed E-state index contributed by atoms with van der Waals surface area (Å²) in [7, 11) is 1.51. The van der Waals surface area contributed by atoms with Crippen molar-refractivity contribution in [2.75, 3.05) is 20.2 Å². The molecule has 0 spiro atoms. The van der Waals surface area contributed by atoms with Crippen molar-refractivity contribution >= 4 is 17.9 Å². The predicted molar refractivity (Wildman–Crippen MR) is 127 cm³/mol. The van der Waals surface area contributed by atoms with Crippen LogP contribution in [0.1, 0.15) is 64.7 Å². The van der Waals surface area contributed by atoms with Crippen molar-refractivity contribution in [3.63, 3.8) is 0 Å². The van der Waals surface area contributed by atoms with E-state index in [0.717, 1.165) is 12.8 Å². The fraction of sp³-hybridized carbons (Fsp3) is 0.640. The smallest absolute Gasteiger partial charge is 0.410 e. The molecule has 2 N–H and O–H groups in total. The molecule has 3 amide bonds. The van der Waals surface area contributed by atoms with Crippen molar-refractivity contribution in [1.82, 2.24) is 15.5 Å². The van der Waals surface area contributed by atoms with Gasteiger partial charge in [0, 0.05) is 19.1 Å². The van der Waals surface area contributed by atoms with E-state index in [1.807, 2.05) is 41.5 Å². The Morgan fingerprint density at radius 1 is 1.09 bits per heavy atom. The summed E-state index contributed by atoms with van der Waals surface area (Å²) in [5.74, 6) is -0.151. The molecule has 1 aliphatic heterocycles. The van der Waals surface area contributed by atoms with Crippen LogP contribution in [-0.2, 0) is 9.53 Å². The molecule has 1 aromatic rings. The Morgan fingerprint density at radius 3 is 2.36 bits per heavy atom. The third-order valence-electron chi connectivity index (χ3n) is 5.77. The Morgan fingerprint density at radius 2 is 1.76 bits per heavy atom. The van der Waals surface area contributed by atoms with Crippen LogP contribution in [0.5, 0.6) is 5.75 Å². The number of hydrogen-bond acceptors (Lipinski definition) is 5. The van der Waals surface area contributed by atoms with Gasteiger partial charge >= 0.3 is 6.09 Å². The Balaban J connectivity index is 2.01. The van der Waals surface area contributed by atoms with Gasteiger partial charge in [-0.05, 0) is 64.5 Å². The minimum absolute atomic E-state index is 0.105. The number of benzene rings is 1. The van der Waals surface area contributed by atoms with E-state index in [-0.39, 0.29) is 35.8 Å². The normalized spacial score (nSPS) is 18.3. The van der Waals surface area contributed by atoms with Gasteiger partial charge in [0.05, 0.1) is 12.7 Å². The first kappa shape index (κ1) is 26.5. The van der Waals surface area contributed by atoms with Gasteiger partial charge in [-0.25, -0.2) is 4.79 Å². The van der Waals surface area contributed by atoms with Gasteiger partial charge in [0.15, 0.2) is 0 Å². The van der Waals surface area contributed by atoms with Crippen LogP contribution in [0, 0.1) is 11.8 Å². The first-order valence-electron chi connectivity index (χ1n) is 11.6. The number of ether oxygens (including phenoxy) is 2. The third kappa shape index (κ3) is 7.65. The zero-order valence-electron chi connectivity index (χ0n) is 20.9. The van der Waals surface area contributed by atoms with Gasteiger partial charge in [0.2, 0.25) is 5.91 Å². The van der Waals surface area contributed by atoms with Crippen molar-refractivity contribution in [1.29, 1.82) is 0 Å². The molecule has 1 fully saturated rings.